The predicted octanol–water partition coefficient (Wildman–Crippen LogP) is 3.70. The summed E-state index contributed by atoms with van der Waals surface area (Å²) < 4.78 is 0. The number of benzene rings is 2. The zero-order valence-corrected chi connectivity index (χ0v) is 12.1. The lowest BCUT2D eigenvalue weighted by Gasteiger charge is -2.25. The smallest absolute Gasteiger partial charge is 0.0472 e. The molecule has 0 saturated heterocycles. The molecule has 0 aromatic heterocycles. The zero-order valence-electron chi connectivity index (χ0n) is 12.1. The predicted molar refractivity (Wildman–Crippen MR) is 93.3 cm³/mol. The van der Waals surface area contributed by atoms with Crippen molar-refractivity contribution in [1.82, 2.24) is 0 Å². The largest absolute Gasteiger partial charge is 0.399 e. The average Bonchev–Trinajstić information content (AvgIpc) is 2.48. The monoisotopic (exact) mass is 279 g/mol. The molecular weight excluding hydrogens is 258 g/mol. The van der Waals surface area contributed by atoms with E-state index in [4.69, 9.17) is 11.5 Å². The van der Waals surface area contributed by atoms with Crippen LogP contribution in [0.2, 0.25) is 0 Å². The van der Waals surface area contributed by atoms with Crippen molar-refractivity contribution in [2.45, 2.75) is 0 Å². The minimum Gasteiger partial charge on any atom is -0.399 e. The van der Waals surface area contributed by atoms with Gasteiger partial charge >= 0.3 is 0 Å². The second-order valence-corrected chi connectivity index (χ2v) is 4.88. The number of anilines is 3. The first-order chi connectivity index (χ1) is 10.2. The lowest BCUT2D eigenvalue weighted by atomic mass is 10.0. The Labute approximate surface area is 126 Å². The fraction of sp³-hybridized carbons (Fsp3) is 0.111. The zero-order chi connectivity index (χ0) is 15.2. The first-order valence-electron chi connectivity index (χ1n) is 6.88. The number of nitrogens with two attached hydrogens (primary N) is 2. The Balaban J connectivity index is 2.52. The molecule has 2 rings (SSSR count). The molecule has 0 amide bonds. The molecule has 108 valence electrons. The van der Waals surface area contributed by atoms with E-state index >= 15 is 0 Å². The van der Waals surface area contributed by atoms with Crippen LogP contribution in [0.15, 0.2) is 67.8 Å². The van der Waals surface area contributed by atoms with Gasteiger partial charge in [0.1, 0.15) is 0 Å². The van der Waals surface area contributed by atoms with Gasteiger partial charge in [0.05, 0.1) is 0 Å². The van der Waals surface area contributed by atoms with Crippen LogP contribution in [0, 0.1) is 0 Å². The molecule has 0 aliphatic heterocycles. The first-order valence-corrected chi connectivity index (χ1v) is 6.88. The normalized spacial score (nSPS) is 10.1. The van der Waals surface area contributed by atoms with E-state index < -0.39 is 0 Å². The molecule has 3 nitrogen and oxygen atoms in total. The van der Waals surface area contributed by atoms with Gasteiger partial charge in [-0.15, -0.1) is 13.2 Å². The van der Waals surface area contributed by atoms with Crippen LogP contribution in [0.3, 0.4) is 0 Å². The summed E-state index contributed by atoms with van der Waals surface area (Å²) in [5.74, 6) is 0. The van der Waals surface area contributed by atoms with Crippen LogP contribution in [0.4, 0.5) is 17.1 Å². The van der Waals surface area contributed by atoms with Gasteiger partial charge in [-0.1, -0.05) is 30.4 Å². The van der Waals surface area contributed by atoms with Crippen LogP contribution in [0.25, 0.3) is 11.1 Å². The molecule has 0 bridgehead atoms. The van der Waals surface area contributed by atoms with Crippen molar-refractivity contribution in [3.8, 4) is 11.1 Å². The maximum atomic E-state index is 5.96. The standard InChI is InChI=1S/C18H21N3/c1-3-11-21(12-4-2)18-13-16(20)9-10-17(18)14-5-7-15(19)8-6-14/h3-10,13H,1-2,11-12,19-20H2. The highest BCUT2D eigenvalue weighted by atomic mass is 15.1. The number of rotatable bonds is 6. The highest BCUT2D eigenvalue weighted by Crippen LogP contribution is 2.33. The van der Waals surface area contributed by atoms with Crippen LogP contribution in [0.1, 0.15) is 0 Å². The summed E-state index contributed by atoms with van der Waals surface area (Å²) in [6.45, 7) is 9.11. The van der Waals surface area contributed by atoms with Gasteiger partial charge < -0.3 is 16.4 Å². The Morgan fingerprint density at radius 1 is 0.857 bits per heavy atom. The molecule has 0 saturated carbocycles. The van der Waals surface area contributed by atoms with Gasteiger partial charge in [0.15, 0.2) is 0 Å². The van der Waals surface area contributed by atoms with E-state index in [0.717, 1.165) is 41.3 Å². The fourth-order valence-corrected chi connectivity index (χ4v) is 2.30. The minimum absolute atomic E-state index is 0.734. The molecule has 0 radical (unpaired) electrons. The highest BCUT2D eigenvalue weighted by molar-refractivity contribution is 5.82. The number of hydrogen-bond donors (Lipinski definition) is 2. The molecule has 0 atom stereocenters. The molecule has 4 N–H and O–H groups in total. The molecule has 0 fully saturated rings. The summed E-state index contributed by atoms with van der Waals surface area (Å²) in [6, 6.07) is 13.8. The SMILES string of the molecule is C=CCN(CC=C)c1cc(N)ccc1-c1ccc(N)cc1. The summed E-state index contributed by atoms with van der Waals surface area (Å²) in [7, 11) is 0. The molecule has 0 spiro atoms. The molecule has 3 heteroatoms. The molecule has 0 unspecified atom stereocenters. The van der Waals surface area contributed by atoms with Crippen molar-refractivity contribution in [2.24, 2.45) is 0 Å². The maximum Gasteiger partial charge on any atom is 0.0472 e. The summed E-state index contributed by atoms with van der Waals surface area (Å²) in [6.07, 6.45) is 3.75. The third kappa shape index (κ3) is 3.45. The molecule has 0 heterocycles. The fourth-order valence-electron chi connectivity index (χ4n) is 2.30. The van der Waals surface area contributed by atoms with Crippen LogP contribution in [-0.2, 0) is 0 Å². The molecule has 0 aliphatic rings. The Bertz CT molecular complexity index is 619. The lowest BCUT2D eigenvalue weighted by molar-refractivity contribution is 0.958. The Morgan fingerprint density at radius 2 is 1.43 bits per heavy atom. The Hall–Kier alpha value is -2.68. The van der Waals surface area contributed by atoms with Gasteiger partial charge in [-0.25, -0.2) is 0 Å². The van der Waals surface area contributed by atoms with Gasteiger partial charge in [0, 0.05) is 35.7 Å². The van der Waals surface area contributed by atoms with Gasteiger partial charge in [0.2, 0.25) is 0 Å². The van der Waals surface area contributed by atoms with Gasteiger partial charge in [-0.2, -0.15) is 0 Å². The second kappa shape index (κ2) is 6.66. The van der Waals surface area contributed by atoms with E-state index in [9.17, 15) is 0 Å². The summed E-state index contributed by atoms with van der Waals surface area (Å²) in [5.41, 5.74) is 16.5. The highest BCUT2D eigenvalue weighted by Gasteiger charge is 2.11. The lowest BCUT2D eigenvalue weighted by Crippen LogP contribution is -2.23. The molecular formula is C18H21N3. The second-order valence-electron chi connectivity index (χ2n) is 4.88. The van der Waals surface area contributed by atoms with Crippen molar-refractivity contribution in [1.29, 1.82) is 0 Å². The minimum atomic E-state index is 0.734. The summed E-state index contributed by atoms with van der Waals surface area (Å²) in [4.78, 5) is 2.18. The van der Waals surface area contributed by atoms with Crippen molar-refractivity contribution < 1.29 is 0 Å². The molecule has 21 heavy (non-hydrogen) atoms. The Kier molecular flexibility index (Phi) is 4.67. The van der Waals surface area contributed by atoms with Gasteiger partial charge in [-0.3, -0.25) is 0 Å². The maximum absolute atomic E-state index is 5.96. The van der Waals surface area contributed by atoms with Crippen molar-refractivity contribution in [3.05, 3.63) is 67.8 Å². The molecule has 2 aromatic rings. The van der Waals surface area contributed by atoms with E-state index in [1.165, 1.54) is 0 Å². The van der Waals surface area contributed by atoms with E-state index in [-0.39, 0.29) is 0 Å². The van der Waals surface area contributed by atoms with Gasteiger partial charge in [-0.05, 0) is 29.8 Å². The molecule has 0 aliphatic carbocycles. The van der Waals surface area contributed by atoms with E-state index in [1.807, 2.05) is 54.6 Å². The van der Waals surface area contributed by atoms with Gasteiger partial charge in [0.25, 0.3) is 0 Å². The summed E-state index contributed by atoms with van der Waals surface area (Å²) >= 11 is 0. The van der Waals surface area contributed by atoms with Crippen molar-refractivity contribution in [3.63, 3.8) is 0 Å². The topological polar surface area (TPSA) is 55.3 Å². The first kappa shape index (κ1) is 14.7. The number of hydrogen-bond acceptors (Lipinski definition) is 3. The third-order valence-electron chi connectivity index (χ3n) is 3.28. The van der Waals surface area contributed by atoms with Crippen LogP contribution in [0.5, 0.6) is 0 Å². The number of nitrogen functional groups attached to an aromatic ring is 2. The van der Waals surface area contributed by atoms with Crippen molar-refractivity contribution >= 4 is 17.1 Å². The van der Waals surface area contributed by atoms with E-state index in [0.29, 0.717) is 0 Å². The Morgan fingerprint density at radius 3 is 2.00 bits per heavy atom. The third-order valence-corrected chi connectivity index (χ3v) is 3.28. The van der Waals surface area contributed by atoms with E-state index in [2.05, 4.69) is 18.1 Å². The van der Waals surface area contributed by atoms with Crippen LogP contribution >= 0.6 is 0 Å². The average molecular weight is 279 g/mol. The van der Waals surface area contributed by atoms with Crippen molar-refractivity contribution in [2.75, 3.05) is 29.5 Å². The van der Waals surface area contributed by atoms with Crippen LogP contribution < -0.4 is 16.4 Å². The summed E-state index contributed by atoms with van der Waals surface area (Å²) in [5, 5.41) is 0. The van der Waals surface area contributed by atoms with Crippen LogP contribution in [-0.4, -0.2) is 13.1 Å². The number of nitrogens with zero attached hydrogens (tertiary/aromatic N) is 1. The van der Waals surface area contributed by atoms with E-state index in [1.54, 1.807) is 0 Å². The molecule has 2 aromatic carbocycles. The quantitative estimate of drug-likeness (QED) is 0.626.